The van der Waals surface area contributed by atoms with Gasteiger partial charge in [-0.15, -0.1) is 0 Å². The van der Waals surface area contributed by atoms with Crippen molar-refractivity contribution in [3.8, 4) is 0 Å². The van der Waals surface area contributed by atoms with E-state index >= 15 is 0 Å². The minimum atomic E-state index is 0.0246. The Morgan fingerprint density at radius 1 is 1.20 bits per heavy atom. The first-order valence-electron chi connectivity index (χ1n) is 6.06. The van der Waals surface area contributed by atoms with Gasteiger partial charge >= 0.3 is 0 Å². The normalized spacial score (nSPS) is 14.8. The molecule has 0 saturated carbocycles. The Labute approximate surface area is 138 Å². The van der Waals surface area contributed by atoms with Crippen LogP contribution in [0.5, 0.6) is 0 Å². The Morgan fingerprint density at radius 2 is 2.00 bits per heavy atom. The maximum absolute atomic E-state index is 11.4. The number of carbonyl (C=O) groups is 1. The standard InChI is InChI=1S/C15H10Br2ClNO/c16-12-3-2-10(18)7-11(12)15(17)8-1-4-13-9(5-8)6-14(20)19-13/h1-5,7,15H,6H2,(H,19,20). The first kappa shape index (κ1) is 14.1. The molecule has 1 atom stereocenters. The maximum atomic E-state index is 11.4. The van der Waals surface area contributed by atoms with E-state index in [1.54, 1.807) is 0 Å². The van der Waals surface area contributed by atoms with Gasteiger partial charge in [-0.25, -0.2) is 0 Å². The Balaban J connectivity index is 1.99. The van der Waals surface area contributed by atoms with Gasteiger partial charge in [-0.2, -0.15) is 0 Å². The second-order valence-corrected chi connectivity index (χ2v) is 6.88. The fourth-order valence-electron chi connectivity index (χ4n) is 2.30. The largest absolute Gasteiger partial charge is 0.326 e. The average molecular weight is 416 g/mol. The number of alkyl halides is 1. The maximum Gasteiger partial charge on any atom is 0.228 e. The van der Waals surface area contributed by atoms with E-state index in [2.05, 4.69) is 43.2 Å². The molecule has 0 saturated heterocycles. The van der Waals surface area contributed by atoms with Gasteiger partial charge in [0.25, 0.3) is 0 Å². The van der Waals surface area contributed by atoms with E-state index in [0.29, 0.717) is 11.4 Å². The van der Waals surface area contributed by atoms with Gasteiger partial charge in [0.05, 0.1) is 11.2 Å². The summed E-state index contributed by atoms with van der Waals surface area (Å²) in [5, 5.41) is 3.54. The molecule has 20 heavy (non-hydrogen) atoms. The van der Waals surface area contributed by atoms with Gasteiger partial charge in [-0.1, -0.05) is 55.6 Å². The number of halogens is 3. The zero-order chi connectivity index (χ0) is 14.3. The lowest BCUT2D eigenvalue weighted by molar-refractivity contribution is -0.115. The van der Waals surface area contributed by atoms with Crippen molar-refractivity contribution in [3.63, 3.8) is 0 Å². The Kier molecular flexibility index (Phi) is 3.89. The molecule has 1 aliphatic rings. The van der Waals surface area contributed by atoms with Crippen LogP contribution in [-0.2, 0) is 11.2 Å². The summed E-state index contributed by atoms with van der Waals surface area (Å²) in [5.41, 5.74) is 4.11. The number of hydrogen-bond donors (Lipinski definition) is 1. The molecule has 2 nitrogen and oxygen atoms in total. The van der Waals surface area contributed by atoms with Gasteiger partial charge in [0.2, 0.25) is 5.91 Å². The van der Waals surface area contributed by atoms with E-state index in [1.165, 1.54) is 0 Å². The molecule has 102 valence electrons. The summed E-state index contributed by atoms with van der Waals surface area (Å²) >= 11 is 13.3. The zero-order valence-electron chi connectivity index (χ0n) is 10.3. The highest BCUT2D eigenvalue weighted by atomic mass is 79.9. The van der Waals surface area contributed by atoms with Crippen LogP contribution in [-0.4, -0.2) is 5.91 Å². The van der Waals surface area contributed by atoms with Gasteiger partial charge in [0, 0.05) is 15.2 Å². The van der Waals surface area contributed by atoms with Crippen molar-refractivity contribution in [1.29, 1.82) is 0 Å². The topological polar surface area (TPSA) is 29.1 Å². The third-order valence-electron chi connectivity index (χ3n) is 3.28. The van der Waals surface area contributed by atoms with Gasteiger partial charge in [-0.3, -0.25) is 4.79 Å². The van der Waals surface area contributed by atoms with Crippen molar-refractivity contribution < 1.29 is 4.79 Å². The first-order chi connectivity index (χ1) is 9.54. The second kappa shape index (κ2) is 5.51. The highest BCUT2D eigenvalue weighted by molar-refractivity contribution is 9.11. The number of hydrogen-bond acceptors (Lipinski definition) is 1. The molecule has 1 unspecified atom stereocenters. The lowest BCUT2D eigenvalue weighted by Crippen LogP contribution is -2.03. The number of carbonyl (C=O) groups excluding carboxylic acids is 1. The molecule has 3 rings (SSSR count). The van der Waals surface area contributed by atoms with Gasteiger partial charge in [-0.05, 0) is 41.0 Å². The Morgan fingerprint density at radius 3 is 2.80 bits per heavy atom. The molecule has 0 fully saturated rings. The molecule has 2 aromatic rings. The first-order valence-corrected chi connectivity index (χ1v) is 8.15. The van der Waals surface area contributed by atoms with E-state index in [0.717, 1.165) is 26.9 Å². The lowest BCUT2D eigenvalue weighted by Gasteiger charge is -2.14. The molecule has 5 heteroatoms. The van der Waals surface area contributed by atoms with E-state index in [-0.39, 0.29) is 10.7 Å². The van der Waals surface area contributed by atoms with E-state index in [9.17, 15) is 4.79 Å². The Hall–Kier alpha value is -0.840. The highest BCUT2D eigenvalue weighted by Crippen LogP contribution is 2.38. The van der Waals surface area contributed by atoms with Crippen molar-refractivity contribution in [2.24, 2.45) is 0 Å². The van der Waals surface area contributed by atoms with Crippen LogP contribution in [0.25, 0.3) is 0 Å². The third-order valence-corrected chi connectivity index (χ3v) is 5.26. The number of fused-ring (bicyclic) bond motifs is 1. The summed E-state index contributed by atoms with van der Waals surface area (Å²) in [6, 6.07) is 11.7. The molecule has 0 aliphatic carbocycles. The summed E-state index contributed by atoms with van der Waals surface area (Å²) in [5.74, 6) is 0.0483. The number of anilines is 1. The van der Waals surface area contributed by atoms with Gasteiger partial charge in [0.15, 0.2) is 0 Å². The quantitative estimate of drug-likeness (QED) is 0.681. The molecular formula is C15H10Br2ClNO. The van der Waals surface area contributed by atoms with E-state index < -0.39 is 0 Å². The second-order valence-electron chi connectivity index (χ2n) is 4.67. The van der Waals surface area contributed by atoms with Crippen molar-refractivity contribution in [2.75, 3.05) is 5.32 Å². The summed E-state index contributed by atoms with van der Waals surface area (Å²) < 4.78 is 0.999. The van der Waals surface area contributed by atoms with Crippen LogP contribution in [0, 0.1) is 0 Å². The fraction of sp³-hybridized carbons (Fsp3) is 0.133. The minimum Gasteiger partial charge on any atom is -0.326 e. The summed E-state index contributed by atoms with van der Waals surface area (Å²) in [6.45, 7) is 0. The Bertz CT molecular complexity index is 702. The predicted octanol–water partition coefficient (Wildman–Crippen LogP) is 5.08. The van der Waals surface area contributed by atoms with Crippen LogP contribution in [0.1, 0.15) is 21.5 Å². The van der Waals surface area contributed by atoms with Crippen LogP contribution in [0.2, 0.25) is 5.02 Å². The minimum absolute atomic E-state index is 0.0246. The van der Waals surface area contributed by atoms with Crippen molar-refractivity contribution in [2.45, 2.75) is 11.2 Å². The molecule has 1 aliphatic heterocycles. The van der Waals surface area contributed by atoms with Crippen LogP contribution in [0.4, 0.5) is 5.69 Å². The van der Waals surface area contributed by atoms with Crippen molar-refractivity contribution in [1.82, 2.24) is 0 Å². The number of rotatable bonds is 2. The predicted molar refractivity (Wildman–Crippen MR) is 88.7 cm³/mol. The number of nitrogens with one attached hydrogen (secondary N) is 1. The molecule has 0 spiro atoms. The lowest BCUT2D eigenvalue weighted by atomic mass is 10.0. The third kappa shape index (κ3) is 2.65. The monoisotopic (exact) mass is 413 g/mol. The van der Waals surface area contributed by atoms with Gasteiger partial charge in [0.1, 0.15) is 0 Å². The molecule has 0 aromatic heterocycles. The SMILES string of the molecule is O=C1Cc2cc(C(Br)c3cc(Cl)ccc3Br)ccc2N1. The van der Waals surface area contributed by atoms with E-state index in [1.807, 2.05) is 30.3 Å². The molecular weight excluding hydrogens is 405 g/mol. The smallest absolute Gasteiger partial charge is 0.228 e. The molecule has 2 aromatic carbocycles. The van der Waals surface area contributed by atoms with Crippen molar-refractivity contribution in [3.05, 3.63) is 62.6 Å². The summed E-state index contributed by atoms with van der Waals surface area (Å²) in [4.78, 5) is 11.4. The van der Waals surface area contributed by atoms with Crippen LogP contribution >= 0.6 is 43.5 Å². The molecule has 0 radical (unpaired) electrons. The number of amides is 1. The highest BCUT2D eigenvalue weighted by Gasteiger charge is 2.20. The summed E-state index contributed by atoms with van der Waals surface area (Å²) in [7, 11) is 0. The molecule has 1 N–H and O–H groups in total. The van der Waals surface area contributed by atoms with Crippen LogP contribution < -0.4 is 5.32 Å². The number of benzene rings is 2. The molecule has 1 heterocycles. The molecule has 1 amide bonds. The van der Waals surface area contributed by atoms with Crippen molar-refractivity contribution >= 4 is 55.1 Å². The van der Waals surface area contributed by atoms with Crippen LogP contribution in [0.15, 0.2) is 40.9 Å². The fourth-order valence-corrected chi connectivity index (χ4v) is 3.92. The molecule has 0 bridgehead atoms. The zero-order valence-corrected chi connectivity index (χ0v) is 14.2. The van der Waals surface area contributed by atoms with Gasteiger partial charge < -0.3 is 5.32 Å². The average Bonchev–Trinajstić information content (AvgIpc) is 2.79. The van der Waals surface area contributed by atoms with E-state index in [4.69, 9.17) is 11.6 Å². The summed E-state index contributed by atoms with van der Waals surface area (Å²) in [6.07, 6.45) is 0.444. The van der Waals surface area contributed by atoms with Crippen LogP contribution in [0.3, 0.4) is 0 Å².